The van der Waals surface area contributed by atoms with Crippen LogP contribution < -0.4 is 0 Å². The van der Waals surface area contributed by atoms with Gasteiger partial charge in [-0.15, -0.1) is 11.3 Å². The highest BCUT2D eigenvalue weighted by atomic mass is 32.1. The molecule has 1 saturated carbocycles. The number of likely N-dealkylation sites (N-methyl/N-ethyl adjacent to an activating group) is 1. The van der Waals surface area contributed by atoms with Crippen LogP contribution in [-0.2, 0) is 17.9 Å². The molecule has 0 saturated heterocycles. The number of aryl methyl sites for hydroxylation is 1. The van der Waals surface area contributed by atoms with Gasteiger partial charge in [0.2, 0.25) is 5.91 Å². The zero-order chi connectivity index (χ0) is 15.5. The fraction of sp³-hybridized carbons (Fsp3) is 0.471. The average Bonchev–Trinajstić information content (AvgIpc) is 3.07. The van der Waals surface area contributed by atoms with Crippen LogP contribution in [0.4, 0.5) is 0 Å². The second-order valence-electron chi connectivity index (χ2n) is 5.98. The van der Waals surface area contributed by atoms with Crippen LogP contribution in [-0.4, -0.2) is 35.3 Å². The van der Waals surface area contributed by atoms with Gasteiger partial charge in [0.05, 0.1) is 13.1 Å². The van der Waals surface area contributed by atoms with Gasteiger partial charge in [0.1, 0.15) is 11.5 Å². The molecule has 0 radical (unpaired) electrons. The van der Waals surface area contributed by atoms with Crippen molar-refractivity contribution in [2.24, 2.45) is 0 Å². The zero-order valence-corrected chi connectivity index (χ0v) is 13.9. The van der Waals surface area contributed by atoms with Crippen molar-refractivity contribution in [1.82, 2.24) is 9.80 Å². The van der Waals surface area contributed by atoms with Crippen molar-refractivity contribution in [3.8, 4) is 0 Å². The summed E-state index contributed by atoms with van der Waals surface area (Å²) in [6.45, 7) is 3.81. The first kappa shape index (κ1) is 15.3. The summed E-state index contributed by atoms with van der Waals surface area (Å²) < 4.78 is 5.55. The molecule has 2 aromatic heterocycles. The van der Waals surface area contributed by atoms with E-state index in [0.29, 0.717) is 19.1 Å². The molecule has 3 rings (SSSR count). The van der Waals surface area contributed by atoms with Gasteiger partial charge in [-0.2, -0.15) is 0 Å². The van der Waals surface area contributed by atoms with E-state index in [0.717, 1.165) is 18.1 Å². The predicted molar refractivity (Wildman–Crippen MR) is 87.7 cm³/mol. The fourth-order valence-electron chi connectivity index (χ4n) is 2.54. The smallest absolute Gasteiger partial charge is 0.236 e. The van der Waals surface area contributed by atoms with Gasteiger partial charge in [0.25, 0.3) is 0 Å². The molecule has 5 heteroatoms. The van der Waals surface area contributed by atoms with Crippen LogP contribution in [0, 0.1) is 6.92 Å². The Morgan fingerprint density at radius 1 is 1.32 bits per heavy atom. The highest BCUT2D eigenvalue weighted by Crippen LogP contribution is 2.29. The molecule has 0 aromatic carbocycles. The quantitative estimate of drug-likeness (QED) is 0.786. The van der Waals surface area contributed by atoms with E-state index in [9.17, 15) is 4.79 Å². The normalized spacial score (nSPS) is 14.5. The largest absolute Gasteiger partial charge is 0.464 e. The Kier molecular flexibility index (Phi) is 4.64. The van der Waals surface area contributed by atoms with E-state index in [-0.39, 0.29) is 5.91 Å². The second kappa shape index (κ2) is 6.67. The van der Waals surface area contributed by atoms with Crippen LogP contribution in [0.25, 0.3) is 0 Å². The molecule has 0 spiro atoms. The topological polar surface area (TPSA) is 36.7 Å². The number of rotatable bonds is 7. The van der Waals surface area contributed by atoms with Crippen LogP contribution >= 0.6 is 11.3 Å². The van der Waals surface area contributed by atoms with Gasteiger partial charge >= 0.3 is 0 Å². The Balaban J connectivity index is 1.56. The number of nitrogens with zero attached hydrogens (tertiary/aromatic N) is 2. The Morgan fingerprint density at radius 2 is 2.14 bits per heavy atom. The van der Waals surface area contributed by atoms with Gasteiger partial charge in [-0.05, 0) is 43.3 Å². The zero-order valence-electron chi connectivity index (χ0n) is 13.1. The fourth-order valence-corrected chi connectivity index (χ4v) is 3.27. The van der Waals surface area contributed by atoms with E-state index in [2.05, 4.69) is 22.4 Å². The van der Waals surface area contributed by atoms with E-state index in [1.165, 1.54) is 17.7 Å². The molecule has 0 unspecified atom stereocenters. The first-order chi connectivity index (χ1) is 10.6. The molecule has 0 aliphatic heterocycles. The van der Waals surface area contributed by atoms with Gasteiger partial charge in [-0.25, -0.2) is 0 Å². The standard InChI is InChI=1S/C17H22N2O2S/c1-13-5-8-15(21-13)10-18(2)17(20)12-19(14-6-7-14)11-16-4-3-9-22-16/h3-5,8-9,14H,6-7,10-12H2,1-2H3. The number of amides is 1. The van der Waals surface area contributed by atoms with E-state index in [4.69, 9.17) is 4.42 Å². The van der Waals surface area contributed by atoms with E-state index in [1.54, 1.807) is 16.2 Å². The van der Waals surface area contributed by atoms with Gasteiger partial charge < -0.3 is 9.32 Å². The molecule has 1 aliphatic carbocycles. The second-order valence-corrected chi connectivity index (χ2v) is 7.01. The van der Waals surface area contributed by atoms with Crippen molar-refractivity contribution in [2.75, 3.05) is 13.6 Å². The molecule has 1 aliphatic rings. The molecular weight excluding hydrogens is 296 g/mol. The molecule has 0 bridgehead atoms. The summed E-state index contributed by atoms with van der Waals surface area (Å²) in [7, 11) is 1.84. The molecule has 4 nitrogen and oxygen atoms in total. The summed E-state index contributed by atoms with van der Waals surface area (Å²) >= 11 is 1.76. The summed E-state index contributed by atoms with van der Waals surface area (Å²) in [5.41, 5.74) is 0. The number of carbonyl (C=O) groups is 1. The molecule has 2 heterocycles. The third kappa shape index (κ3) is 3.99. The van der Waals surface area contributed by atoms with Crippen LogP contribution in [0.2, 0.25) is 0 Å². The van der Waals surface area contributed by atoms with Crippen molar-refractivity contribution in [3.63, 3.8) is 0 Å². The van der Waals surface area contributed by atoms with E-state index >= 15 is 0 Å². The van der Waals surface area contributed by atoms with Crippen molar-refractivity contribution >= 4 is 17.2 Å². The Morgan fingerprint density at radius 3 is 2.73 bits per heavy atom. The van der Waals surface area contributed by atoms with E-state index < -0.39 is 0 Å². The highest BCUT2D eigenvalue weighted by molar-refractivity contribution is 7.09. The van der Waals surface area contributed by atoms with Crippen molar-refractivity contribution in [3.05, 3.63) is 46.0 Å². The number of carbonyl (C=O) groups excluding carboxylic acids is 1. The summed E-state index contributed by atoms with van der Waals surface area (Å²) in [4.78, 5) is 17.9. The third-order valence-electron chi connectivity index (χ3n) is 3.96. The monoisotopic (exact) mass is 318 g/mol. The lowest BCUT2D eigenvalue weighted by atomic mass is 10.3. The minimum Gasteiger partial charge on any atom is -0.464 e. The highest BCUT2D eigenvalue weighted by Gasteiger charge is 2.31. The van der Waals surface area contributed by atoms with Gasteiger partial charge in [0, 0.05) is 24.5 Å². The number of furan rings is 1. The first-order valence-electron chi connectivity index (χ1n) is 7.67. The summed E-state index contributed by atoms with van der Waals surface area (Å²) in [6, 6.07) is 8.65. The molecular formula is C17H22N2O2S. The number of hydrogen-bond acceptors (Lipinski definition) is 4. The number of thiophene rings is 1. The minimum absolute atomic E-state index is 0.150. The maximum Gasteiger partial charge on any atom is 0.236 e. The van der Waals surface area contributed by atoms with Crippen LogP contribution in [0.15, 0.2) is 34.1 Å². The van der Waals surface area contributed by atoms with Crippen LogP contribution in [0.5, 0.6) is 0 Å². The van der Waals surface area contributed by atoms with Crippen molar-refractivity contribution < 1.29 is 9.21 Å². The number of hydrogen-bond donors (Lipinski definition) is 0. The molecule has 1 amide bonds. The lowest BCUT2D eigenvalue weighted by molar-refractivity contribution is -0.132. The Labute approximate surface area is 135 Å². The summed E-state index contributed by atoms with van der Waals surface area (Å²) in [6.07, 6.45) is 2.42. The molecule has 22 heavy (non-hydrogen) atoms. The lowest BCUT2D eigenvalue weighted by Crippen LogP contribution is -2.38. The molecule has 2 aromatic rings. The van der Waals surface area contributed by atoms with Gasteiger partial charge in [-0.3, -0.25) is 9.69 Å². The molecule has 0 N–H and O–H groups in total. The molecule has 0 atom stereocenters. The maximum atomic E-state index is 12.5. The van der Waals surface area contributed by atoms with Gasteiger partial charge in [0.15, 0.2) is 0 Å². The minimum atomic E-state index is 0.150. The van der Waals surface area contributed by atoms with E-state index in [1.807, 2.05) is 26.1 Å². The van der Waals surface area contributed by atoms with Gasteiger partial charge in [-0.1, -0.05) is 6.07 Å². The average molecular weight is 318 g/mol. The maximum absolute atomic E-state index is 12.5. The van der Waals surface area contributed by atoms with Crippen LogP contribution in [0.3, 0.4) is 0 Å². The van der Waals surface area contributed by atoms with Crippen LogP contribution in [0.1, 0.15) is 29.2 Å². The Hall–Kier alpha value is -1.59. The van der Waals surface area contributed by atoms with Crippen molar-refractivity contribution in [1.29, 1.82) is 0 Å². The predicted octanol–water partition coefficient (Wildman–Crippen LogP) is 3.27. The summed E-state index contributed by atoms with van der Waals surface area (Å²) in [5, 5.41) is 2.09. The van der Waals surface area contributed by atoms with Crippen molar-refractivity contribution in [2.45, 2.75) is 38.9 Å². The first-order valence-corrected chi connectivity index (χ1v) is 8.55. The summed E-state index contributed by atoms with van der Waals surface area (Å²) in [5.74, 6) is 1.87. The lowest BCUT2D eigenvalue weighted by Gasteiger charge is -2.24. The third-order valence-corrected chi connectivity index (χ3v) is 4.82. The Bertz CT molecular complexity index is 616. The SMILES string of the molecule is Cc1ccc(CN(C)C(=O)CN(Cc2cccs2)C2CC2)o1. The molecule has 1 fully saturated rings. The molecule has 118 valence electrons.